The van der Waals surface area contributed by atoms with Crippen molar-refractivity contribution in [2.75, 3.05) is 20.6 Å². The summed E-state index contributed by atoms with van der Waals surface area (Å²) in [6.45, 7) is 6.29. The van der Waals surface area contributed by atoms with Crippen molar-refractivity contribution in [2.45, 2.75) is 39.7 Å². The van der Waals surface area contributed by atoms with Crippen LogP contribution in [0.25, 0.3) is 0 Å². The number of rotatable bonds is 5. The fraction of sp³-hybridized carbons (Fsp3) is 0.833. The Morgan fingerprint density at radius 1 is 1.29 bits per heavy atom. The molecule has 0 heterocycles. The summed E-state index contributed by atoms with van der Waals surface area (Å²) in [6.07, 6.45) is 1.04. The van der Waals surface area contributed by atoms with E-state index in [4.69, 9.17) is 5.73 Å². The lowest BCUT2D eigenvalue weighted by atomic mass is 9.87. The number of nitrogens with two attached hydrogens (primary N) is 1. The predicted molar refractivity (Wildman–Crippen MR) is 68.4 cm³/mol. The molecule has 0 aliphatic carbocycles. The van der Waals surface area contributed by atoms with Gasteiger partial charge < -0.3 is 16.0 Å². The molecule has 0 saturated carbocycles. The van der Waals surface area contributed by atoms with Crippen molar-refractivity contribution in [3.8, 4) is 0 Å². The van der Waals surface area contributed by atoms with E-state index in [1.165, 1.54) is 4.90 Å². The lowest BCUT2D eigenvalue weighted by Gasteiger charge is -2.22. The molecule has 5 nitrogen and oxygen atoms in total. The smallest absolute Gasteiger partial charge is 0.241 e. The van der Waals surface area contributed by atoms with E-state index in [9.17, 15) is 9.59 Å². The van der Waals surface area contributed by atoms with Crippen LogP contribution in [-0.2, 0) is 9.59 Å². The van der Waals surface area contributed by atoms with Crippen LogP contribution in [0.4, 0.5) is 0 Å². The Hall–Kier alpha value is -1.10. The minimum absolute atomic E-state index is 0.0358. The molecule has 0 aromatic heterocycles. The number of nitrogens with zero attached hydrogens (tertiary/aromatic N) is 1. The summed E-state index contributed by atoms with van der Waals surface area (Å²) in [5.41, 5.74) is 5.98. The Kier molecular flexibility index (Phi) is 6.16. The Morgan fingerprint density at radius 2 is 1.82 bits per heavy atom. The van der Waals surface area contributed by atoms with Gasteiger partial charge in [0.2, 0.25) is 11.8 Å². The minimum Gasteiger partial charge on any atom is -0.347 e. The van der Waals surface area contributed by atoms with Gasteiger partial charge >= 0.3 is 0 Å². The van der Waals surface area contributed by atoms with Crippen molar-refractivity contribution in [3.63, 3.8) is 0 Å². The van der Waals surface area contributed by atoms with Gasteiger partial charge in [-0.15, -0.1) is 0 Å². The molecule has 5 heteroatoms. The number of nitrogens with one attached hydrogen (secondary N) is 1. The molecular weight excluding hydrogens is 218 g/mol. The zero-order chi connectivity index (χ0) is 13.6. The van der Waals surface area contributed by atoms with E-state index < -0.39 is 0 Å². The standard InChI is InChI=1S/C12H25N3O2/c1-12(2,3)7-9(13)6-10(16)14-8-11(17)15(4)5/h9H,6-8,13H2,1-5H3,(H,14,16). The largest absolute Gasteiger partial charge is 0.347 e. The number of carbonyl (C=O) groups is 2. The first-order valence-corrected chi connectivity index (χ1v) is 5.84. The molecule has 17 heavy (non-hydrogen) atoms. The molecular formula is C12H25N3O2. The molecule has 0 aromatic rings. The van der Waals surface area contributed by atoms with E-state index >= 15 is 0 Å². The summed E-state index contributed by atoms with van der Waals surface area (Å²) in [5, 5.41) is 2.57. The number of hydrogen-bond donors (Lipinski definition) is 2. The van der Waals surface area contributed by atoms with Gasteiger partial charge in [-0.25, -0.2) is 0 Å². The van der Waals surface area contributed by atoms with Crippen LogP contribution in [0.15, 0.2) is 0 Å². The SMILES string of the molecule is CN(C)C(=O)CNC(=O)CC(N)CC(C)(C)C. The molecule has 0 aromatic carbocycles. The second kappa shape index (κ2) is 6.59. The molecule has 100 valence electrons. The average molecular weight is 243 g/mol. The maximum atomic E-state index is 11.5. The Labute approximate surface area is 104 Å². The minimum atomic E-state index is -0.169. The fourth-order valence-corrected chi connectivity index (χ4v) is 1.50. The molecule has 0 aliphatic rings. The third kappa shape index (κ3) is 8.68. The quantitative estimate of drug-likeness (QED) is 0.731. The number of hydrogen-bond acceptors (Lipinski definition) is 3. The molecule has 0 radical (unpaired) electrons. The Morgan fingerprint density at radius 3 is 2.24 bits per heavy atom. The predicted octanol–water partition coefficient (Wildman–Crippen LogP) is 0.344. The first-order valence-electron chi connectivity index (χ1n) is 5.84. The van der Waals surface area contributed by atoms with Gasteiger partial charge in [-0.2, -0.15) is 0 Å². The molecule has 2 amide bonds. The number of amides is 2. The molecule has 0 spiro atoms. The maximum absolute atomic E-state index is 11.5. The molecule has 3 N–H and O–H groups in total. The van der Waals surface area contributed by atoms with Crippen LogP contribution in [0, 0.1) is 5.41 Å². The average Bonchev–Trinajstić information content (AvgIpc) is 2.10. The Balaban J connectivity index is 3.91. The summed E-state index contributed by atoms with van der Waals surface area (Å²) in [4.78, 5) is 24.2. The van der Waals surface area contributed by atoms with Crippen LogP contribution in [0.1, 0.15) is 33.6 Å². The third-order valence-electron chi connectivity index (χ3n) is 2.26. The van der Waals surface area contributed by atoms with E-state index in [-0.39, 0.29) is 36.2 Å². The van der Waals surface area contributed by atoms with Crippen molar-refractivity contribution < 1.29 is 9.59 Å². The number of carbonyl (C=O) groups excluding carboxylic acids is 2. The van der Waals surface area contributed by atoms with Crippen LogP contribution in [-0.4, -0.2) is 43.4 Å². The van der Waals surface area contributed by atoms with Crippen molar-refractivity contribution in [2.24, 2.45) is 11.1 Å². The van der Waals surface area contributed by atoms with Crippen LogP contribution >= 0.6 is 0 Å². The zero-order valence-corrected chi connectivity index (χ0v) is 11.5. The van der Waals surface area contributed by atoms with Crippen LogP contribution in [0.3, 0.4) is 0 Å². The second-order valence-electron chi connectivity index (χ2n) is 5.79. The fourth-order valence-electron chi connectivity index (χ4n) is 1.50. The highest BCUT2D eigenvalue weighted by Gasteiger charge is 2.18. The molecule has 0 bridgehead atoms. The lowest BCUT2D eigenvalue weighted by Crippen LogP contribution is -2.39. The van der Waals surface area contributed by atoms with Gasteiger partial charge in [-0.3, -0.25) is 9.59 Å². The number of likely N-dealkylation sites (N-methyl/N-ethyl adjacent to an activating group) is 1. The summed E-state index contributed by atoms with van der Waals surface area (Å²) in [7, 11) is 3.31. The van der Waals surface area contributed by atoms with Crippen molar-refractivity contribution in [1.82, 2.24) is 10.2 Å². The summed E-state index contributed by atoms with van der Waals surface area (Å²) in [6, 6.07) is -0.163. The van der Waals surface area contributed by atoms with E-state index in [2.05, 4.69) is 26.1 Å². The van der Waals surface area contributed by atoms with Gasteiger partial charge in [0.15, 0.2) is 0 Å². The second-order valence-corrected chi connectivity index (χ2v) is 5.79. The maximum Gasteiger partial charge on any atom is 0.241 e. The molecule has 0 aliphatic heterocycles. The highest BCUT2D eigenvalue weighted by molar-refractivity contribution is 5.84. The van der Waals surface area contributed by atoms with Crippen LogP contribution < -0.4 is 11.1 Å². The Bertz CT molecular complexity index is 269. The normalized spacial score (nSPS) is 13.1. The summed E-state index contributed by atoms with van der Waals surface area (Å²) in [5.74, 6) is -0.292. The molecule has 0 rings (SSSR count). The van der Waals surface area contributed by atoms with Crippen molar-refractivity contribution in [3.05, 3.63) is 0 Å². The van der Waals surface area contributed by atoms with Crippen molar-refractivity contribution >= 4 is 11.8 Å². The van der Waals surface area contributed by atoms with E-state index in [1.54, 1.807) is 14.1 Å². The highest BCUT2D eigenvalue weighted by atomic mass is 16.2. The van der Waals surface area contributed by atoms with Gasteiger partial charge in [-0.05, 0) is 11.8 Å². The highest BCUT2D eigenvalue weighted by Crippen LogP contribution is 2.20. The van der Waals surface area contributed by atoms with Gasteiger partial charge in [0.1, 0.15) is 0 Å². The zero-order valence-electron chi connectivity index (χ0n) is 11.5. The van der Waals surface area contributed by atoms with Gasteiger partial charge in [0.25, 0.3) is 0 Å². The molecule has 0 saturated heterocycles. The molecule has 1 atom stereocenters. The lowest BCUT2D eigenvalue weighted by molar-refractivity contribution is -0.131. The first-order chi connectivity index (χ1) is 7.61. The van der Waals surface area contributed by atoms with E-state index in [1.807, 2.05) is 0 Å². The van der Waals surface area contributed by atoms with Crippen LogP contribution in [0.2, 0.25) is 0 Å². The monoisotopic (exact) mass is 243 g/mol. The molecule has 1 unspecified atom stereocenters. The van der Waals surface area contributed by atoms with E-state index in [0.29, 0.717) is 0 Å². The van der Waals surface area contributed by atoms with E-state index in [0.717, 1.165) is 6.42 Å². The van der Waals surface area contributed by atoms with Crippen LogP contribution in [0.5, 0.6) is 0 Å². The summed E-state index contributed by atoms with van der Waals surface area (Å²) >= 11 is 0. The molecule has 0 fully saturated rings. The summed E-state index contributed by atoms with van der Waals surface area (Å²) < 4.78 is 0. The topological polar surface area (TPSA) is 75.4 Å². The van der Waals surface area contributed by atoms with Crippen molar-refractivity contribution in [1.29, 1.82) is 0 Å². The van der Waals surface area contributed by atoms with Gasteiger partial charge in [-0.1, -0.05) is 20.8 Å². The third-order valence-corrected chi connectivity index (χ3v) is 2.26. The van der Waals surface area contributed by atoms with Gasteiger partial charge in [0, 0.05) is 26.6 Å². The first kappa shape index (κ1) is 15.9. The van der Waals surface area contributed by atoms with Gasteiger partial charge in [0.05, 0.1) is 6.54 Å².